The van der Waals surface area contributed by atoms with Crippen molar-refractivity contribution in [3.8, 4) is 0 Å². The van der Waals surface area contributed by atoms with Crippen molar-refractivity contribution in [2.75, 3.05) is 6.61 Å². The van der Waals surface area contributed by atoms with Gasteiger partial charge in [-0.1, -0.05) is 25.7 Å². The standard InChI is InChI=1S/C15H26O2/c16-15(13-7-3-1-2-4-8-13)11-10-14-9-5-6-12-17-14/h13-14H,1-12H2. The van der Waals surface area contributed by atoms with Crippen LogP contribution in [0.15, 0.2) is 0 Å². The van der Waals surface area contributed by atoms with E-state index in [1.807, 2.05) is 0 Å². The zero-order chi connectivity index (χ0) is 11.9. The van der Waals surface area contributed by atoms with E-state index in [0.717, 1.165) is 38.7 Å². The molecule has 1 heterocycles. The van der Waals surface area contributed by atoms with Crippen LogP contribution in [0, 0.1) is 5.92 Å². The first kappa shape index (κ1) is 13.1. The van der Waals surface area contributed by atoms with Gasteiger partial charge in [0.25, 0.3) is 0 Å². The Kier molecular flexibility index (Phi) is 5.50. The lowest BCUT2D eigenvalue weighted by Gasteiger charge is -2.23. The van der Waals surface area contributed by atoms with Crippen LogP contribution < -0.4 is 0 Å². The van der Waals surface area contributed by atoms with Crippen LogP contribution in [0.3, 0.4) is 0 Å². The molecule has 2 aliphatic rings. The van der Waals surface area contributed by atoms with Crippen LogP contribution in [-0.2, 0) is 9.53 Å². The van der Waals surface area contributed by atoms with Crippen molar-refractivity contribution < 1.29 is 9.53 Å². The van der Waals surface area contributed by atoms with E-state index >= 15 is 0 Å². The summed E-state index contributed by atoms with van der Waals surface area (Å²) in [5.41, 5.74) is 0. The van der Waals surface area contributed by atoms with Crippen molar-refractivity contribution in [2.45, 2.75) is 76.7 Å². The molecule has 0 N–H and O–H groups in total. The van der Waals surface area contributed by atoms with E-state index in [4.69, 9.17) is 4.74 Å². The van der Waals surface area contributed by atoms with Crippen LogP contribution in [0.1, 0.15) is 70.6 Å². The SMILES string of the molecule is O=C(CCC1CCCCO1)C1CCCCCC1. The normalized spacial score (nSPS) is 27.6. The highest BCUT2D eigenvalue weighted by molar-refractivity contribution is 5.80. The maximum absolute atomic E-state index is 12.1. The third-order valence-corrected chi connectivity index (χ3v) is 4.30. The lowest BCUT2D eigenvalue weighted by Crippen LogP contribution is -2.22. The molecule has 2 heteroatoms. The molecule has 0 aromatic rings. The summed E-state index contributed by atoms with van der Waals surface area (Å²) >= 11 is 0. The second-order valence-corrected chi connectivity index (χ2v) is 5.68. The van der Waals surface area contributed by atoms with Gasteiger partial charge in [0.2, 0.25) is 0 Å². The lowest BCUT2D eigenvalue weighted by atomic mass is 9.91. The molecule has 2 fully saturated rings. The molecule has 0 bridgehead atoms. The fraction of sp³-hybridized carbons (Fsp3) is 0.933. The van der Waals surface area contributed by atoms with Crippen molar-refractivity contribution in [3.63, 3.8) is 0 Å². The maximum Gasteiger partial charge on any atom is 0.136 e. The molecule has 0 amide bonds. The Morgan fingerprint density at radius 2 is 1.65 bits per heavy atom. The van der Waals surface area contributed by atoms with E-state index in [-0.39, 0.29) is 0 Å². The number of hydrogen-bond donors (Lipinski definition) is 0. The molecule has 0 spiro atoms. The summed E-state index contributed by atoms with van der Waals surface area (Å²) in [7, 11) is 0. The smallest absolute Gasteiger partial charge is 0.136 e. The van der Waals surface area contributed by atoms with Gasteiger partial charge in [-0.15, -0.1) is 0 Å². The quantitative estimate of drug-likeness (QED) is 0.695. The van der Waals surface area contributed by atoms with E-state index in [9.17, 15) is 4.79 Å². The van der Waals surface area contributed by atoms with Crippen molar-refractivity contribution in [1.82, 2.24) is 0 Å². The fourth-order valence-corrected chi connectivity index (χ4v) is 3.14. The molecule has 1 aliphatic carbocycles. The van der Waals surface area contributed by atoms with Crippen molar-refractivity contribution in [2.24, 2.45) is 5.92 Å². The second kappa shape index (κ2) is 7.15. The Labute approximate surface area is 105 Å². The Morgan fingerprint density at radius 1 is 0.941 bits per heavy atom. The molecular formula is C15H26O2. The highest BCUT2D eigenvalue weighted by Gasteiger charge is 2.21. The first-order valence-corrected chi connectivity index (χ1v) is 7.50. The Bertz CT molecular complexity index is 223. The van der Waals surface area contributed by atoms with Gasteiger partial charge < -0.3 is 4.74 Å². The van der Waals surface area contributed by atoms with Gasteiger partial charge in [-0.2, -0.15) is 0 Å². The molecular weight excluding hydrogens is 212 g/mol. The minimum atomic E-state index is 0.374. The topological polar surface area (TPSA) is 26.3 Å². The summed E-state index contributed by atoms with van der Waals surface area (Å²) in [6.45, 7) is 0.905. The number of hydrogen-bond acceptors (Lipinski definition) is 2. The number of ether oxygens (including phenoxy) is 1. The predicted octanol–water partition coefficient (Wildman–Crippen LogP) is 3.88. The molecule has 0 radical (unpaired) electrons. The number of Topliss-reactive ketones (excluding diaryl/α,β-unsaturated/α-hetero) is 1. The molecule has 1 saturated heterocycles. The molecule has 1 atom stereocenters. The fourth-order valence-electron chi connectivity index (χ4n) is 3.14. The Balaban J connectivity index is 1.68. The summed E-state index contributed by atoms with van der Waals surface area (Å²) in [6.07, 6.45) is 13.2. The average molecular weight is 238 g/mol. The summed E-state index contributed by atoms with van der Waals surface area (Å²) in [5.74, 6) is 0.891. The molecule has 0 aromatic carbocycles. The highest BCUT2D eigenvalue weighted by Crippen LogP contribution is 2.26. The summed E-state index contributed by atoms with van der Waals surface area (Å²) in [6, 6.07) is 0. The Morgan fingerprint density at radius 3 is 2.29 bits per heavy atom. The zero-order valence-corrected chi connectivity index (χ0v) is 11.0. The lowest BCUT2D eigenvalue weighted by molar-refractivity contribution is -0.124. The maximum atomic E-state index is 12.1. The van der Waals surface area contributed by atoms with Gasteiger partial charge >= 0.3 is 0 Å². The van der Waals surface area contributed by atoms with Crippen molar-refractivity contribution in [3.05, 3.63) is 0 Å². The van der Waals surface area contributed by atoms with Crippen molar-refractivity contribution >= 4 is 5.78 Å². The second-order valence-electron chi connectivity index (χ2n) is 5.68. The van der Waals surface area contributed by atoms with Crippen LogP contribution in [0.4, 0.5) is 0 Å². The van der Waals surface area contributed by atoms with Crippen LogP contribution in [0.5, 0.6) is 0 Å². The zero-order valence-electron chi connectivity index (χ0n) is 11.0. The average Bonchev–Trinajstić information content (AvgIpc) is 2.66. The molecule has 0 aromatic heterocycles. The van der Waals surface area contributed by atoms with E-state index in [0.29, 0.717) is 17.8 Å². The molecule has 1 aliphatic heterocycles. The molecule has 1 saturated carbocycles. The van der Waals surface area contributed by atoms with Gasteiger partial charge in [0, 0.05) is 18.9 Å². The highest BCUT2D eigenvalue weighted by atomic mass is 16.5. The molecule has 98 valence electrons. The largest absolute Gasteiger partial charge is 0.378 e. The first-order chi connectivity index (χ1) is 8.36. The molecule has 17 heavy (non-hydrogen) atoms. The summed E-state index contributed by atoms with van der Waals surface area (Å²) < 4.78 is 5.69. The van der Waals surface area contributed by atoms with Crippen LogP contribution >= 0.6 is 0 Å². The van der Waals surface area contributed by atoms with E-state index in [2.05, 4.69) is 0 Å². The summed E-state index contributed by atoms with van der Waals surface area (Å²) in [5, 5.41) is 0. The third kappa shape index (κ3) is 4.42. The van der Waals surface area contributed by atoms with Gasteiger partial charge in [0.15, 0.2) is 0 Å². The number of rotatable bonds is 4. The van der Waals surface area contributed by atoms with Crippen LogP contribution in [-0.4, -0.2) is 18.5 Å². The van der Waals surface area contributed by atoms with E-state index < -0.39 is 0 Å². The first-order valence-electron chi connectivity index (χ1n) is 7.50. The molecule has 1 unspecified atom stereocenters. The minimum Gasteiger partial charge on any atom is -0.378 e. The number of ketones is 1. The number of carbonyl (C=O) groups excluding carboxylic acids is 1. The van der Waals surface area contributed by atoms with Crippen LogP contribution in [0.25, 0.3) is 0 Å². The Hall–Kier alpha value is -0.370. The van der Waals surface area contributed by atoms with E-state index in [1.54, 1.807) is 0 Å². The van der Waals surface area contributed by atoms with Crippen LogP contribution in [0.2, 0.25) is 0 Å². The minimum absolute atomic E-state index is 0.374. The molecule has 2 nitrogen and oxygen atoms in total. The monoisotopic (exact) mass is 238 g/mol. The summed E-state index contributed by atoms with van der Waals surface area (Å²) in [4.78, 5) is 12.1. The predicted molar refractivity (Wildman–Crippen MR) is 69.0 cm³/mol. The van der Waals surface area contributed by atoms with Crippen molar-refractivity contribution in [1.29, 1.82) is 0 Å². The van der Waals surface area contributed by atoms with Gasteiger partial charge in [-0.3, -0.25) is 4.79 Å². The third-order valence-electron chi connectivity index (χ3n) is 4.30. The van der Waals surface area contributed by atoms with Gasteiger partial charge in [0.1, 0.15) is 5.78 Å². The van der Waals surface area contributed by atoms with Gasteiger partial charge in [-0.05, 0) is 38.5 Å². The van der Waals surface area contributed by atoms with Gasteiger partial charge in [0.05, 0.1) is 6.10 Å². The number of carbonyl (C=O) groups is 1. The van der Waals surface area contributed by atoms with E-state index in [1.165, 1.54) is 38.5 Å². The molecule has 2 rings (SSSR count). The van der Waals surface area contributed by atoms with Gasteiger partial charge in [-0.25, -0.2) is 0 Å².